The van der Waals surface area contributed by atoms with Crippen LogP contribution in [0.2, 0.25) is 0 Å². The van der Waals surface area contributed by atoms with Gasteiger partial charge < -0.3 is 5.32 Å². The van der Waals surface area contributed by atoms with E-state index in [0.29, 0.717) is 12.1 Å². The Balaban J connectivity index is 1.76. The lowest BCUT2D eigenvalue weighted by atomic mass is 10.3. The molecule has 0 heterocycles. The number of hydrogen-bond donors (Lipinski definition) is 2. The third-order valence-electron chi connectivity index (χ3n) is 3.28. The molecule has 5 nitrogen and oxygen atoms in total. The van der Waals surface area contributed by atoms with Gasteiger partial charge in [0.2, 0.25) is 15.9 Å². The number of thioether (sulfide) groups is 1. The minimum Gasteiger partial charge on any atom is -0.326 e. The van der Waals surface area contributed by atoms with Crippen molar-refractivity contribution >= 4 is 33.4 Å². The molecule has 0 aliphatic heterocycles. The van der Waals surface area contributed by atoms with Gasteiger partial charge in [0.1, 0.15) is 0 Å². The number of carbonyl (C=O) groups is 1. The van der Waals surface area contributed by atoms with Crippen LogP contribution < -0.4 is 10.0 Å². The SMILES string of the molecule is CNS(=O)(=O)c1ccc(NC(=O)CCCSc2ccccc2)cc1. The van der Waals surface area contributed by atoms with E-state index in [2.05, 4.69) is 10.0 Å². The molecule has 7 heteroatoms. The van der Waals surface area contributed by atoms with Crippen LogP contribution in [0.25, 0.3) is 0 Å². The van der Waals surface area contributed by atoms with Gasteiger partial charge in [0.05, 0.1) is 4.90 Å². The van der Waals surface area contributed by atoms with E-state index in [1.54, 1.807) is 23.9 Å². The zero-order chi connectivity index (χ0) is 17.4. The van der Waals surface area contributed by atoms with E-state index in [-0.39, 0.29) is 10.8 Å². The highest BCUT2D eigenvalue weighted by molar-refractivity contribution is 7.99. The summed E-state index contributed by atoms with van der Waals surface area (Å²) in [5.41, 5.74) is 0.589. The molecule has 0 fully saturated rings. The standard InChI is InChI=1S/C17H20N2O3S2/c1-18-24(21,22)16-11-9-14(10-12-16)19-17(20)8-5-13-23-15-6-3-2-4-7-15/h2-4,6-7,9-12,18H,5,8,13H2,1H3,(H,19,20). The van der Waals surface area contributed by atoms with Crippen molar-refractivity contribution in [3.63, 3.8) is 0 Å². The van der Waals surface area contributed by atoms with Gasteiger partial charge in [-0.1, -0.05) is 18.2 Å². The molecule has 128 valence electrons. The van der Waals surface area contributed by atoms with Gasteiger partial charge in [0.15, 0.2) is 0 Å². The molecule has 0 saturated carbocycles. The van der Waals surface area contributed by atoms with E-state index in [1.807, 2.05) is 30.3 Å². The van der Waals surface area contributed by atoms with Crippen LogP contribution in [0.3, 0.4) is 0 Å². The number of amides is 1. The maximum Gasteiger partial charge on any atom is 0.240 e. The Morgan fingerprint density at radius 3 is 2.33 bits per heavy atom. The van der Waals surface area contributed by atoms with Crippen LogP contribution in [0.4, 0.5) is 5.69 Å². The van der Waals surface area contributed by atoms with Gasteiger partial charge in [-0.05, 0) is 55.6 Å². The highest BCUT2D eigenvalue weighted by atomic mass is 32.2. The minimum absolute atomic E-state index is 0.0760. The Labute approximate surface area is 146 Å². The van der Waals surface area contributed by atoms with E-state index >= 15 is 0 Å². The average molecular weight is 364 g/mol. The topological polar surface area (TPSA) is 75.3 Å². The van der Waals surface area contributed by atoms with Crippen molar-refractivity contribution in [2.24, 2.45) is 0 Å². The number of carbonyl (C=O) groups excluding carboxylic acids is 1. The Morgan fingerprint density at radius 1 is 1.04 bits per heavy atom. The van der Waals surface area contributed by atoms with E-state index in [0.717, 1.165) is 12.2 Å². The summed E-state index contributed by atoms with van der Waals surface area (Å²) in [6.07, 6.45) is 1.20. The molecule has 0 unspecified atom stereocenters. The van der Waals surface area contributed by atoms with Crippen LogP contribution in [0, 0.1) is 0 Å². The quantitative estimate of drug-likeness (QED) is 0.557. The fourth-order valence-corrected chi connectivity index (χ4v) is 3.60. The summed E-state index contributed by atoms with van der Waals surface area (Å²) in [4.78, 5) is 13.3. The van der Waals surface area contributed by atoms with Gasteiger partial charge in [0.25, 0.3) is 0 Å². The molecule has 0 saturated heterocycles. The summed E-state index contributed by atoms with van der Waals surface area (Å²) >= 11 is 1.72. The molecule has 2 rings (SSSR count). The lowest BCUT2D eigenvalue weighted by Gasteiger charge is -2.07. The molecule has 0 spiro atoms. The average Bonchev–Trinajstić information content (AvgIpc) is 2.60. The number of benzene rings is 2. The monoisotopic (exact) mass is 364 g/mol. The molecule has 2 aromatic carbocycles. The molecule has 0 aliphatic rings. The minimum atomic E-state index is -3.45. The van der Waals surface area contributed by atoms with E-state index < -0.39 is 10.0 Å². The molecule has 2 aromatic rings. The number of hydrogen-bond acceptors (Lipinski definition) is 4. The smallest absolute Gasteiger partial charge is 0.240 e. The molecule has 0 aromatic heterocycles. The maximum atomic E-state index is 11.9. The van der Waals surface area contributed by atoms with Crippen LogP contribution in [-0.4, -0.2) is 27.1 Å². The van der Waals surface area contributed by atoms with Crippen molar-refractivity contribution in [2.75, 3.05) is 18.1 Å². The van der Waals surface area contributed by atoms with Gasteiger partial charge in [0, 0.05) is 17.0 Å². The Bertz CT molecular complexity index is 760. The summed E-state index contributed by atoms with van der Waals surface area (Å²) in [5, 5.41) is 2.77. The van der Waals surface area contributed by atoms with E-state index in [9.17, 15) is 13.2 Å². The first kappa shape index (κ1) is 18.5. The molecule has 2 N–H and O–H groups in total. The van der Waals surface area contributed by atoms with Crippen molar-refractivity contribution in [3.05, 3.63) is 54.6 Å². The Hall–Kier alpha value is -1.83. The molecule has 24 heavy (non-hydrogen) atoms. The van der Waals surface area contributed by atoms with Crippen molar-refractivity contribution in [1.29, 1.82) is 0 Å². The second kappa shape index (κ2) is 8.86. The number of anilines is 1. The molecule has 0 aliphatic carbocycles. The van der Waals surface area contributed by atoms with Crippen LogP contribution in [0.1, 0.15) is 12.8 Å². The van der Waals surface area contributed by atoms with E-state index in [1.165, 1.54) is 24.1 Å². The summed E-state index contributed by atoms with van der Waals surface area (Å²) in [5.74, 6) is 0.796. The zero-order valence-corrected chi connectivity index (χ0v) is 15.0. The fraction of sp³-hybridized carbons (Fsp3) is 0.235. The normalized spacial score (nSPS) is 11.2. The lowest BCUT2D eigenvalue weighted by molar-refractivity contribution is -0.116. The second-order valence-corrected chi connectivity index (χ2v) is 8.10. The van der Waals surface area contributed by atoms with Gasteiger partial charge in [-0.25, -0.2) is 13.1 Å². The second-order valence-electron chi connectivity index (χ2n) is 5.05. The van der Waals surface area contributed by atoms with Crippen molar-refractivity contribution in [3.8, 4) is 0 Å². The number of rotatable bonds is 8. The Morgan fingerprint density at radius 2 is 1.71 bits per heavy atom. The van der Waals surface area contributed by atoms with Gasteiger partial charge in [-0.15, -0.1) is 11.8 Å². The highest BCUT2D eigenvalue weighted by Gasteiger charge is 2.11. The van der Waals surface area contributed by atoms with Crippen molar-refractivity contribution in [1.82, 2.24) is 4.72 Å². The predicted octanol–water partition coefficient (Wildman–Crippen LogP) is 3.11. The predicted molar refractivity (Wildman–Crippen MR) is 97.7 cm³/mol. The number of nitrogens with one attached hydrogen (secondary N) is 2. The third-order valence-corrected chi connectivity index (χ3v) is 5.81. The largest absolute Gasteiger partial charge is 0.326 e. The first-order valence-corrected chi connectivity index (χ1v) is 9.99. The van der Waals surface area contributed by atoms with Gasteiger partial charge in [-0.3, -0.25) is 4.79 Å². The fourth-order valence-electron chi connectivity index (χ4n) is 2.00. The van der Waals surface area contributed by atoms with E-state index in [4.69, 9.17) is 0 Å². The molecule has 0 atom stereocenters. The summed E-state index contributed by atoms with van der Waals surface area (Å²) in [7, 11) is -2.09. The van der Waals surface area contributed by atoms with Crippen LogP contribution in [0.5, 0.6) is 0 Å². The van der Waals surface area contributed by atoms with Gasteiger partial charge in [-0.2, -0.15) is 0 Å². The summed E-state index contributed by atoms with van der Waals surface area (Å²) < 4.78 is 25.5. The van der Waals surface area contributed by atoms with Gasteiger partial charge >= 0.3 is 0 Å². The Kier molecular flexibility index (Phi) is 6.84. The van der Waals surface area contributed by atoms with Crippen LogP contribution >= 0.6 is 11.8 Å². The number of sulfonamides is 1. The summed E-state index contributed by atoms with van der Waals surface area (Å²) in [6.45, 7) is 0. The molecule has 1 amide bonds. The molecular weight excluding hydrogens is 344 g/mol. The highest BCUT2D eigenvalue weighted by Crippen LogP contribution is 2.19. The zero-order valence-electron chi connectivity index (χ0n) is 13.4. The lowest BCUT2D eigenvalue weighted by Crippen LogP contribution is -2.18. The summed E-state index contributed by atoms with van der Waals surface area (Å²) in [6, 6.07) is 16.2. The first-order valence-electron chi connectivity index (χ1n) is 7.52. The molecule has 0 bridgehead atoms. The van der Waals surface area contributed by atoms with Crippen molar-refractivity contribution < 1.29 is 13.2 Å². The third kappa shape index (κ3) is 5.67. The first-order chi connectivity index (χ1) is 11.5. The maximum absolute atomic E-state index is 11.9. The van der Waals surface area contributed by atoms with Crippen molar-refractivity contribution in [2.45, 2.75) is 22.6 Å². The van der Waals surface area contributed by atoms with Crippen LogP contribution in [0.15, 0.2) is 64.4 Å². The molecular formula is C17H20N2O3S2. The van der Waals surface area contributed by atoms with Crippen LogP contribution in [-0.2, 0) is 14.8 Å². The molecule has 0 radical (unpaired) electrons.